The van der Waals surface area contributed by atoms with Crippen LogP contribution in [0.3, 0.4) is 0 Å². The Morgan fingerprint density at radius 1 is 0.605 bits per heavy atom. The lowest BCUT2D eigenvalue weighted by Gasteiger charge is -2.09. The Balaban J connectivity index is 1.19. The fourth-order valence-electron chi connectivity index (χ4n) is 4.18. The highest BCUT2D eigenvalue weighted by atomic mass is 16.5. The van der Waals surface area contributed by atoms with E-state index in [0.29, 0.717) is 47.1 Å². The molecule has 0 radical (unpaired) electrons. The lowest BCUT2D eigenvalue weighted by Crippen LogP contribution is -2.24. The van der Waals surface area contributed by atoms with E-state index in [-0.39, 0.29) is 11.8 Å². The van der Waals surface area contributed by atoms with Gasteiger partial charge in [0.25, 0.3) is 11.8 Å². The highest BCUT2D eigenvalue weighted by molar-refractivity contribution is 6.01. The van der Waals surface area contributed by atoms with Gasteiger partial charge in [-0.3, -0.25) is 9.59 Å². The summed E-state index contributed by atoms with van der Waals surface area (Å²) in [6, 6.07) is 26.6. The molecular weight excluding hydrogens is 480 g/mol. The van der Waals surface area contributed by atoms with Crippen LogP contribution >= 0.6 is 0 Å². The van der Waals surface area contributed by atoms with Gasteiger partial charge in [0.15, 0.2) is 0 Å². The molecule has 0 bridgehead atoms. The lowest BCUT2D eigenvalue weighted by molar-refractivity contribution is 0.0941. The average Bonchev–Trinajstić information content (AvgIpc) is 3.54. The molecule has 5 aromatic rings. The van der Waals surface area contributed by atoms with Crippen LogP contribution in [0.2, 0.25) is 0 Å². The second-order valence-electron chi connectivity index (χ2n) is 8.84. The normalized spacial score (nSPS) is 10.8. The van der Waals surface area contributed by atoms with Crippen molar-refractivity contribution in [3.8, 4) is 22.5 Å². The molecule has 8 nitrogen and oxygen atoms in total. The minimum absolute atomic E-state index is 0.253. The minimum Gasteiger partial charge on any atom is -0.360 e. The molecule has 0 saturated carbocycles. The van der Waals surface area contributed by atoms with E-state index < -0.39 is 0 Å². The van der Waals surface area contributed by atoms with Crippen LogP contribution in [0.4, 0.5) is 0 Å². The Morgan fingerprint density at radius 2 is 0.974 bits per heavy atom. The second-order valence-corrected chi connectivity index (χ2v) is 8.84. The molecule has 0 saturated heterocycles. The van der Waals surface area contributed by atoms with E-state index in [2.05, 4.69) is 20.9 Å². The fraction of sp³-hybridized carbons (Fsp3) is 0.133. The number of hydrogen-bond donors (Lipinski definition) is 2. The van der Waals surface area contributed by atoms with Gasteiger partial charge in [-0.1, -0.05) is 95.2 Å². The Labute approximate surface area is 219 Å². The van der Waals surface area contributed by atoms with Gasteiger partial charge in [0.05, 0.1) is 0 Å². The third-order valence-corrected chi connectivity index (χ3v) is 6.20. The maximum atomic E-state index is 12.9. The molecule has 0 fully saturated rings. The van der Waals surface area contributed by atoms with E-state index in [1.54, 1.807) is 13.8 Å². The van der Waals surface area contributed by atoms with Crippen LogP contribution in [-0.2, 0) is 13.1 Å². The Bertz CT molecular complexity index is 1440. The van der Waals surface area contributed by atoms with Gasteiger partial charge in [0, 0.05) is 24.2 Å². The van der Waals surface area contributed by atoms with E-state index in [1.807, 2.05) is 84.9 Å². The van der Waals surface area contributed by atoms with Crippen LogP contribution in [0.1, 0.15) is 43.4 Å². The monoisotopic (exact) mass is 506 g/mol. The first-order valence-electron chi connectivity index (χ1n) is 12.2. The number of amides is 2. The molecule has 3 aromatic carbocycles. The molecular formula is C30H26N4O4. The van der Waals surface area contributed by atoms with Crippen molar-refractivity contribution in [2.24, 2.45) is 0 Å². The van der Waals surface area contributed by atoms with Crippen molar-refractivity contribution in [2.75, 3.05) is 0 Å². The molecule has 38 heavy (non-hydrogen) atoms. The number of rotatable bonds is 8. The third kappa shape index (κ3) is 5.24. The van der Waals surface area contributed by atoms with E-state index >= 15 is 0 Å². The predicted octanol–water partition coefficient (Wildman–Crippen LogP) is 5.47. The molecule has 0 aliphatic heterocycles. The first kappa shape index (κ1) is 24.7. The SMILES string of the molecule is Cc1onc(-c2ccccc2)c1C(=O)NCc1ccc(CNC(=O)c2c(-c3ccccc3)noc2C)cc1. The van der Waals surface area contributed by atoms with Crippen molar-refractivity contribution < 1.29 is 18.6 Å². The van der Waals surface area contributed by atoms with Gasteiger partial charge < -0.3 is 19.7 Å². The van der Waals surface area contributed by atoms with Crippen LogP contribution in [0.15, 0.2) is 94.0 Å². The quantitative estimate of drug-likeness (QED) is 0.289. The molecule has 0 unspecified atom stereocenters. The average molecular weight is 507 g/mol. The molecule has 2 aromatic heterocycles. The predicted molar refractivity (Wildman–Crippen MR) is 142 cm³/mol. The smallest absolute Gasteiger partial charge is 0.257 e. The van der Waals surface area contributed by atoms with Crippen LogP contribution < -0.4 is 10.6 Å². The number of aryl methyl sites for hydroxylation is 2. The van der Waals surface area contributed by atoms with E-state index in [9.17, 15) is 9.59 Å². The molecule has 0 atom stereocenters. The highest BCUT2D eigenvalue weighted by Gasteiger charge is 2.22. The lowest BCUT2D eigenvalue weighted by atomic mass is 10.1. The number of nitrogens with zero attached hydrogens (tertiary/aromatic N) is 2. The van der Waals surface area contributed by atoms with Crippen molar-refractivity contribution in [3.05, 3.63) is 119 Å². The molecule has 190 valence electrons. The topological polar surface area (TPSA) is 110 Å². The van der Waals surface area contributed by atoms with Crippen molar-refractivity contribution in [1.82, 2.24) is 20.9 Å². The third-order valence-electron chi connectivity index (χ3n) is 6.20. The Kier molecular flexibility index (Phi) is 7.13. The number of benzene rings is 3. The van der Waals surface area contributed by atoms with Gasteiger partial charge in [-0.15, -0.1) is 0 Å². The van der Waals surface area contributed by atoms with Crippen LogP contribution in [0.25, 0.3) is 22.5 Å². The zero-order chi connectivity index (χ0) is 26.5. The summed E-state index contributed by atoms with van der Waals surface area (Å²) in [5.74, 6) is 0.423. The number of nitrogens with one attached hydrogen (secondary N) is 2. The summed E-state index contributed by atoms with van der Waals surface area (Å²) in [5, 5.41) is 14.0. The second kappa shape index (κ2) is 11.0. The summed E-state index contributed by atoms with van der Waals surface area (Å²) in [5.41, 5.74) is 5.37. The molecule has 2 N–H and O–H groups in total. The van der Waals surface area contributed by atoms with Gasteiger partial charge in [-0.05, 0) is 25.0 Å². The minimum atomic E-state index is -0.253. The Morgan fingerprint density at radius 3 is 1.34 bits per heavy atom. The molecule has 5 rings (SSSR count). The summed E-state index contributed by atoms with van der Waals surface area (Å²) in [6.07, 6.45) is 0. The molecule has 0 spiro atoms. The first-order chi connectivity index (χ1) is 18.5. The number of carbonyl (C=O) groups excluding carboxylic acids is 2. The largest absolute Gasteiger partial charge is 0.360 e. The van der Waals surface area contributed by atoms with Crippen LogP contribution in [0.5, 0.6) is 0 Å². The molecule has 8 heteroatoms. The molecule has 2 heterocycles. The van der Waals surface area contributed by atoms with Crippen LogP contribution in [0, 0.1) is 13.8 Å². The maximum Gasteiger partial charge on any atom is 0.257 e. The standard InChI is InChI=1S/C30H26N4O4/c1-19-25(27(33-37-19)23-9-5-3-6-10-23)29(35)31-17-21-13-15-22(16-14-21)18-32-30(36)26-20(2)38-34-28(26)24-11-7-4-8-12-24/h3-16H,17-18H2,1-2H3,(H,31,35)(H,32,36). The molecule has 2 amide bonds. The Hall–Kier alpha value is -4.98. The first-order valence-corrected chi connectivity index (χ1v) is 12.2. The van der Waals surface area contributed by atoms with E-state index in [4.69, 9.17) is 9.05 Å². The summed E-state index contributed by atoms with van der Waals surface area (Å²) < 4.78 is 10.6. The van der Waals surface area contributed by atoms with Gasteiger partial charge in [0.1, 0.15) is 34.0 Å². The molecule has 0 aliphatic carbocycles. The van der Waals surface area contributed by atoms with Crippen molar-refractivity contribution >= 4 is 11.8 Å². The number of carbonyl (C=O) groups is 2. The van der Waals surface area contributed by atoms with Gasteiger partial charge in [-0.2, -0.15) is 0 Å². The highest BCUT2D eigenvalue weighted by Crippen LogP contribution is 2.26. The summed E-state index contributed by atoms with van der Waals surface area (Å²) >= 11 is 0. The van der Waals surface area contributed by atoms with Gasteiger partial charge in [0.2, 0.25) is 0 Å². The summed E-state index contributed by atoms with van der Waals surface area (Å²) in [7, 11) is 0. The van der Waals surface area contributed by atoms with Gasteiger partial charge in [-0.25, -0.2) is 0 Å². The number of hydrogen-bond acceptors (Lipinski definition) is 6. The molecule has 0 aliphatic rings. The fourth-order valence-corrected chi connectivity index (χ4v) is 4.18. The van der Waals surface area contributed by atoms with E-state index in [0.717, 1.165) is 22.3 Å². The van der Waals surface area contributed by atoms with Crippen molar-refractivity contribution in [2.45, 2.75) is 26.9 Å². The summed E-state index contributed by atoms with van der Waals surface area (Å²) in [6.45, 7) is 4.12. The van der Waals surface area contributed by atoms with Crippen LogP contribution in [-0.4, -0.2) is 22.1 Å². The van der Waals surface area contributed by atoms with Crippen molar-refractivity contribution in [1.29, 1.82) is 0 Å². The zero-order valence-corrected chi connectivity index (χ0v) is 21.0. The number of aromatic nitrogens is 2. The van der Waals surface area contributed by atoms with E-state index in [1.165, 1.54) is 0 Å². The maximum absolute atomic E-state index is 12.9. The van der Waals surface area contributed by atoms with Gasteiger partial charge >= 0.3 is 0 Å². The van der Waals surface area contributed by atoms with Crippen molar-refractivity contribution in [3.63, 3.8) is 0 Å². The summed E-state index contributed by atoms with van der Waals surface area (Å²) in [4.78, 5) is 25.9. The zero-order valence-electron chi connectivity index (χ0n) is 21.0.